The first-order valence-corrected chi connectivity index (χ1v) is 5.85. The highest BCUT2D eigenvalue weighted by Crippen LogP contribution is 2.22. The van der Waals surface area contributed by atoms with E-state index >= 15 is 0 Å². The number of para-hydroxylation sites is 1. The van der Waals surface area contributed by atoms with Gasteiger partial charge in [0.15, 0.2) is 5.82 Å². The molecule has 0 bridgehead atoms. The average Bonchev–Trinajstić information content (AvgIpc) is 2.87. The molecule has 1 saturated heterocycles. The molecular formula is C12H13FN4O. The minimum absolute atomic E-state index is 0.0421. The van der Waals surface area contributed by atoms with Crippen molar-refractivity contribution in [1.82, 2.24) is 14.9 Å². The highest BCUT2D eigenvalue weighted by molar-refractivity contribution is 5.80. The van der Waals surface area contributed by atoms with Gasteiger partial charge in [-0.3, -0.25) is 4.79 Å². The summed E-state index contributed by atoms with van der Waals surface area (Å²) in [6.45, 7) is 0.525. The number of carbonyl (C=O) groups excluding carboxylic acids is 1. The normalized spacial score (nSPS) is 19.4. The van der Waals surface area contributed by atoms with Crippen LogP contribution in [0.5, 0.6) is 0 Å². The maximum atomic E-state index is 13.6. The van der Waals surface area contributed by atoms with E-state index in [-0.39, 0.29) is 29.2 Å². The molecule has 0 aliphatic carbocycles. The Morgan fingerprint density at radius 2 is 2.39 bits per heavy atom. The molecule has 5 nitrogen and oxygen atoms in total. The Morgan fingerprint density at radius 1 is 1.56 bits per heavy atom. The van der Waals surface area contributed by atoms with Crippen molar-refractivity contribution in [2.24, 2.45) is 0 Å². The molecule has 1 unspecified atom stereocenters. The zero-order valence-electron chi connectivity index (χ0n) is 9.69. The van der Waals surface area contributed by atoms with Gasteiger partial charge in [-0.1, -0.05) is 6.07 Å². The third-order valence-electron chi connectivity index (χ3n) is 3.25. The Labute approximate surface area is 103 Å². The fourth-order valence-corrected chi connectivity index (χ4v) is 2.36. The molecule has 3 N–H and O–H groups in total. The number of nitrogens with two attached hydrogens (primary N) is 1. The van der Waals surface area contributed by atoms with Crippen LogP contribution in [0, 0.1) is 5.82 Å². The van der Waals surface area contributed by atoms with Crippen molar-refractivity contribution in [2.75, 3.05) is 5.73 Å². The number of aromatic nitrogens is 2. The molecule has 3 rings (SSSR count). The molecule has 1 aromatic carbocycles. The second-order valence-corrected chi connectivity index (χ2v) is 4.49. The fourth-order valence-electron chi connectivity index (χ4n) is 2.36. The van der Waals surface area contributed by atoms with Gasteiger partial charge in [0.1, 0.15) is 5.52 Å². The summed E-state index contributed by atoms with van der Waals surface area (Å²) in [7, 11) is 0. The predicted octanol–water partition coefficient (Wildman–Crippen LogP) is 1.04. The molecule has 1 amide bonds. The lowest BCUT2D eigenvalue weighted by molar-refractivity contribution is -0.119. The van der Waals surface area contributed by atoms with E-state index in [9.17, 15) is 9.18 Å². The Morgan fingerprint density at radius 3 is 3.11 bits per heavy atom. The van der Waals surface area contributed by atoms with Gasteiger partial charge in [-0.15, -0.1) is 0 Å². The number of hydrogen-bond acceptors (Lipinski definition) is 3. The molecule has 0 spiro atoms. The average molecular weight is 248 g/mol. The molecule has 1 fully saturated rings. The highest BCUT2D eigenvalue weighted by Gasteiger charge is 2.23. The van der Waals surface area contributed by atoms with Crippen molar-refractivity contribution >= 4 is 22.9 Å². The number of halogens is 1. The summed E-state index contributed by atoms with van der Waals surface area (Å²) < 4.78 is 15.3. The van der Waals surface area contributed by atoms with Gasteiger partial charge in [-0.05, 0) is 18.6 Å². The third-order valence-corrected chi connectivity index (χ3v) is 3.25. The largest absolute Gasteiger partial charge is 0.369 e. The van der Waals surface area contributed by atoms with Gasteiger partial charge in [-0.2, -0.15) is 0 Å². The Hall–Kier alpha value is -2.11. The van der Waals surface area contributed by atoms with Gasteiger partial charge in [0.2, 0.25) is 11.9 Å². The van der Waals surface area contributed by atoms with Crippen LogP contribution in [-0.4, -0.2) is 21.5 Å². The van der Waals surface area contributed by atoms with E-state index in [1.807, 2.05) is 0 Å². The monoisotopic (exact) mass is 248 g/mol. The number of nitrogens with zero attached hydrogens (tertiary/aromatic N) is 2. The second kappa shape index (κ2) is 3.97. The van der Waals surface area contributed by atoms with Crippen LogP contribution in [0.1, 0.15) is 12.8 Å². The minimum Gasteiger partial charge on any atom is -0.369 e. The zero-order valence-corrected chi connectivity index (χ0v) is 9.69. The van der Waals surface area contributed by atoms with E-state index in [0.717, 1.165) is 6.42 Å². The molecule has 6 heteroatoms. The zero-order chi connectivity index (χ0) is 12.7. The molecule has 1 aliphatic rings. The first-order valence-electron chi connectivity index (χ1n) is 5.85. The van der Waals surface area contributed by atoms with Crippen LogP contribution in [0.2, 0.25) is 0 Å². The van der Waals surface area contributed by atoms with Crippen LogP contribution in [0.4, 0.5) is 10.3 Å². The number of fused-ring (bicyclic) bond motifs is 1. The summed E-state index contributed by atoms with van der Waals surface area (Å²) in [5.74, 6) is -0.0566. The summed E-state index contributed by atoms with van der Waals surface area (Å²) in [4.78, 5) is 15.2. The van der Waals surface area contributed by atoms with Crippen molar-refractivity contribution in [3.63, 3.8) is 0 Å². The Bertz CT molecular complexity index is 622. The van der Waals surface area contributed by atoms with E-state index < -0.39 is 0 Å². The van der Waals surface area contributed by atoms with Gasteiger partial charge in [0.25, 0.3) is 0 Å². The van der Waals surface area contributed by atoms with E-state index in [1.54, 1.807) is 16.7 Å². The lowest BCUT2D eigenvalue weighted by Gasteiger charge is -2.12. The van der Waals surface area contributed by atoms with Crippen LogP contribution in [0.15, 0.2) is 18.2 Å². The maximum Gasteiger partial charge on any atom is 0.220 e. The number of amides is 1. The van der Waals surface area contributed by atoms with E-state index in [0.29, 0.717) is 18.5 Å². The standard InChI is InChI=1S/C12H13FN4O/c13-8-2-1-3-9-11(8)16-12(14)17(9)6-7-4-5-10(18)15-7/h1-3,7H,4-6H2,(H2,14,16)(H,15,18). The molecule has 1 aliphatic heterocycles. The van der Waals surface area contributed by atoms with Crippen molar-refractivity contribution in [3.8, 4) is 0 Å². The molecule has 1 atom stereocenters. The fraction of sp³-hybridized carbons (Fsp3) is 0.333. The summed E-state index contributed by atoms with van der Waals surface area (Å²) in [6.07, 6.45) is 1.30. The molecule has 0 radical (unpaired) electrons. The molecule has 2 aromatic rings. The third kappa shape index (κ3) is 1.70. The van der Waals surface area contributed by atoms with E-state index in [4.69, 9.17) is 5.73 Å². The summed E-state index contributed by atoms with van der Waals surface area (Å²) in [5.41, 5.74) is 6.75. The van der Waals surface area contributed by atoms with Gasteiger partial charge in [0, 0.05) is 19.0 Å². The number of benzene rings is 1. The summed E-state index contributed by atoms with van der Waals surface area (Å²) in [5, 5.41) is 2.86. The van der Waals surface area contributed by atoms with Crippen LogP contribution >= 0.6 is 0 Å². The number of anilines is 1. The van der Waals surface area contributed by atoms with Gasteiger partial charge < -0.3 is 15.6 Å². The molecule has 1 aromatic heterocycles. The molecule has 94 valence electrons. The molecule has 2 heterocycles. The quantitative estimate of drug-likeness (QED) is 0.833. The Balaban J connectivity index is 1.98. The maximum absolute atomic E-state index is 13.6. The van der Waals surface area contributed by atoms with Crippen LogP contribution < -0.4 is 11.1 Å². The SMILES string of the molecule is Nc1nc2c(F)cccc2n1CC1CCC(=O)N1. The van der Waals surface area contributed by atoms with Crippen LogP contribution in [0.3, 0.4) is 0 Å². The smallest absolute Gasteiger partial charge is 0.220 e. The van der Waals surface area contributed by atoms with Crippen molar-refractivity contribution in [2.45, 2.75) is 25.4 Å². The van der Waals surface area contributed by atoms with Crippen molar-refractivity contribution in [3.05, 3.63) is 24.0 Å². The minimum atomic E-state index is -0.381. The summed E-state index contributed by atoms with van der Waals surface area (Å²) >= 11 is 0. The number of rotatable bonds is 2. The van der Waals surface area contributed by atoms with Gasteiger partial charge in [0.05, 0.1) is 5.52 Å². The number of imidazole rings is 1. The van der Waals surface area contributed by atoms with Crippen LogP contribution in [-0.2, 0) is 11.3 Å². The first-order chi connectivity index (χ1) is 8.65. The molecule has 18 heavy (non-hydrogen) atoms. The van der Waals surface area contributed by atoms with Crippen molar-refractivity contribution in [1.29, 1.82) is 0 Å². The van der Waals surface area contributed by atoms with E-state index in [1.165, 1.54) is 6.07 Å². The molecular weight excluding hydrogens is 235 g/mol. The predicted molar refractivity (Wildman–Crippen MR) is 65.3 cm³/mol. The highest BCUT2D eigenvalue weighted by atomic mass is 19.1. The van der Waals surface area contributed by atoms with E-state index in [2.05, 4.69) is 10.3 Å². The summed E-state index contributed by atoms with van der Waals surface area (Å²) in [6, 6.07) is 4.80. The number of nitrogens with one attached hydrogen (secondary N) is 1. The van der Waals surface area contributed by atoms with Crippen molar-refractivity contribution < 1.29 is 9.18 Å². The lowest BCUT2D eigenvalue weighted by Crippen LogP contribution is -2.29. The Kier molecular flexibility index (Phi) is 2.43. The molecule has 0 saturated carbocycles. The van der Waals surface area contributed by atoms with Gasteiger partial charge >= 0.3 is 0 Å². The second-order valence-electron chi connectivity index (χ2n) is 4.49. The number of carbonyl (C=O) groups is 1. The first kappa shape index (κ1) is 11.0. The van der Waals surface area contributed by atoms with Crippen LogP contribution in [0.25, 0.3) is 11.0 Å². The number of hydrogen-bond donors (Lipinski definition) is 2. The number of nitrogen functional groups attached to an aromatic ring is 1. The topological polar surface area (TPSA) is 72.9 Å². The van der Waals surface area contributed by atoms with Gasteiger partial charge in [-0.25, -0.2) is 9.37 Å². The lowest BCUT2D eigenvalue weighted by atomic mass is 10.2.